The van der Waals surface area contributed by atoms with Gasteiger partial charge in [-0.25, -0.2) is 13.8 Å². The Morgan fingerprint density at radius 1 is 1.38 bits per heavy atom. The lowest BCUT2D eigenvalue weighted by atomic mass is 10.1. The fraction of sp³-hybridized carbons (Fsp3) is 0.182. The third-order valence-electron chi connectivity index (χ3n) is 2.12. The molecule has 1 heterocycles. The van der Waals surface area contributed by atoms with Crippen LogP contribution in [-0.2, 0) is 0 Å². The molecule has 0 aliphatic rings. The van der Waals surface area contributed by atoms with Gasteiger partial charge in [-0.1, -0.05) is 0 Å². The smallest absolute Gasteiger partial charge is 0.132 e. The molecule has 0 aliphatic carbocycles. The van der Waals surface area contributed by atoms with Gasteiger partial charge in [0.1, 0.15) is 16.6 Å². The lowest BCUT2D eigenvalue weighted by Crippen LogP contribution is -2.04. The van der Waals surface area contributed by atoms with Crippen LogP contribution in [0.15, 0.2) is 23.6 Å². The molecule has 0 aliphatic heterocycles. The summed E-state index contributed by atoms with van der Waals surface area (Å²) in [7, 11) is 0. The number of hydrogen-bond donors (Lipinski definition) is 1. The van der Waals surface area contributed by atoms with Crippen LogP contribution in [0, 0.1) is 11.6 Å². The second kappa shape index (κ2) is 4.27. The van der Waals surface area contributed by atoms with Gasteiger partial charge >= 0.3 is 0 Å². The molecule has 2 aromatic rings. The molecule has 0 radical (unpaired) electrons. The van der Waals surface area contributed by atoms with Crippen molar-refractivity contribution in [3.05, 3.63) is 40.2 Å². The normalized spacial score (nSPS) is 12.8. The first kappa shape index (κ1) is 11.2. The Hall–Kier alpha value is -1.33. The van der Waals surface area contributed by atoms with Crippen LogP contribution in [0.1, 0.15) is 18.0 Å². The third-order valence-corrected chi connectivity index (χ3v) is 3.16. The maximum absolute atomic E-state index is 13.4. The first-order valence-electron chi connectivity index (χ1n) is 4.74. The molecule has 0 fully saturated rings. The topological polar surface area (TPSA) is 38.9 Å². The summed E-state index contributed by atoms with van der Waals surface area (Å²) in [6.07, 6.45) is 0. The molecule has 1 unspecified atom stereocenters. The molecule has 1 atom stereocenters. The van der Waals surface area contributed by atoms with Gasteiger partial charge in [-0.15, -0.1) is 11.3 Å². The van der Waals surface area contributed by atoms with E-state index < -0.39 is 11.6 Å². The monoisotopic (exact) mass is 240 g/mol. The minimum absolute atomic E-state index is 0.170. The average molecular weight is 240 g/mol. The van der Waals surface area contributed by atoms with Crippen molar-refractivity contribution in [2.45, 2.75) is 13.0 Å². The molecule has 2 nitrogen and oxygen atoms in total. The summed E-state index contributed by atoms with van der Waals surface area (Å²) in [5, 5.41) is 2.38. The zero-order valence-corrected chi connectivity index (χ0v) is 9.39. The van der Waals surface area contributed by atoms with Gasteiger partial charge in [0.2, 0.25) is 0 Å². The Morgan fingerprint density at radius 3 is 2.75 bits per heavy atom. The van der Waals surface area contributed by atoms with Gasteiger partial charge in [0.05, 0.1) is 11.7 Å². The van der Waals surface area contributed by atoms with E-state index in [-0.39, 0.29) is 11.6 Å². The van der Waals surface area contributed by atoms with E-state index in [0.717, 1.165) is 18.2 Å². The van der Waals surface area contributed by atoms with Gasteiger partial charge in [0, 0.05) is 10.9 Å². The van der Waals surface area contributed by atoms with E-state index in [2.05, 4.69) is 4.98 Å². The number of rotatable bonds is 2. The van der Waals surface area contributed by atoms with Crippen LogP contribution in [0.25, 0.3) is 11.3 Å². The molecule has 1 aromatic carbocycles. The van der Waals surface area contributed by atoms with Gasteiger partial charge in [0.25, 0.3) is 0 Å². The van der Waals surface area contributed by atoms with Crippen molar-refractivity contribution in [2.75, 3.05) is 0 Å². The minimum atomic E-state index is -0.483. The van der Waals surface area contributed by atoms with Crippen LogP contribution in [0.4, 0.5) is 8.78 Å². The zero-order valence-electron chi connectivity index (χ0n) is 8.58. The van der Waals surface area contributed by atoms with Crippen LogP contribution in [0.3, 0.4) is 0 Å². The van der Waals surface area contributed by atoms with Crippen molar-refractivity contribution in [1.29, 1.82) is 0 Å². The zero-order chi connectivity index (χ0) is 11.7. The number of thiazole rings is 1. The average Bonchev–Trinajstić information content (AvgIpc) is 2.70. The molecule has 0 amide bonds. The van der Waals surface area contributed by atoms with E-state index in [4.69, 9.17) is 5.73 Å². The lowest BCUT2D eigenvalue weighted by molar-refractivity contribution is 0.602. The predicted molar refractivity (Wildman–Crippen MR) is 60.1 cm³/mol. The van der Waals surface area contributed by atoms with E-state index in [1.165, 1.54) is 11.3 Å². The fourth-order valence-electron chi connectivity index (χ4n) is 1.31. The molecule has 0 bridgehead atoms. The highest BCUT2D eigenvalue weighted by atomic mass is 32.1. The van der Waals surface area contributed by atoms with E-state index in [1.807, 2.05) is 0 Å². The van der Waals surface area contributed by atoms with Gasteiger partial charge < -0.3 is 5.73 Å². The summed E-state index contributed by atoms with van der Waals surface area (Å²) >= 11 is 1.34. The van der Waals surface area contributed by atoms with E-state index in [1.54, 1.807) is 12.3 Å². The molecule has 2 N–H and O–H groups in total. The van der Waals surface area contributed by atoms with Crippen molar-refractivity contribution in [3.8, 4) is 11.3 Å². The van der Waals surface area contributed by atoms with Crippen LogP contribution in [-0.4, -0.2) is 4.98 Å². The molecule has 1 aromatic heterocycles. The van der Waals surface area contributed by atoms with Crippen molar-refractivity contribution < 1.29 is 8.78 Å². The fourth-order valence-corrected chi connectivity index (χ4v) is 2.09. The van der Waals surface area contributed by atoms with Crippen molar-refractivity contribution >= 4 is 11.3 Å². The molecule has 84 valence electrons. The van der Waals surface area contributed by atoms with Gasteiger partial charge in [0.15, 0.2) is 0 Å². The van der Waals surface area contributed by atoms with Crippen LogP contribution in [0.5, 0.6) is 0 Å². The Balaban J connectivity index is 2.46. The van der Waals surface area contributed by atoms with E-state index in [0.29, 0.717) is 10.7 Å². The molecule has 5 heteroatoms. The van der Waals surface area contributed by atoms with Gasteiger partial charge in [-0.3, -0.25) is 0 Å². The summed E-state index contributed by atoms with van der Waals surface area (Å²) in [4.78, 5) is 4.17. The number of nitrogens with two attached hydrogens (primary N) is 1. The maximum Gasteiger partial charge on any atom is 0.132 e. The third kappa shape index (κ3) is 2.10. The first-order valence-corrected chi connectivity index (χ1v) is 5.62. The number of halogens is 2. The largest absolute Gasteiger partial charge is 0.322 e. The van der Waals surface area contributed by atoms with Crippen molar-refractivity contribution in [2.24, 2.45) is 5.73 Å². The maximum atomic E-state index is 13.4. The minimum Gasteiger partial charge on any atom is -0.322 e. The highest BCUT2D eigenvalue weighted by molar-refractivity contribution is 7.10. The van der Waals surface area contributed by atoms with Crippen molar-refractivity contribution in [1.82, 2.24) is 4.98 Å². The Bertz CT molecular complexity index is 508. The number of nitrogens with zero attached hydrogens (tertiary/aromatic N) is 1. The van der Waals surface area contributed by atoms with Crippen LogP contribution in [0.2, 0.25) is 0 Å². The van der Waals surface area contributed by atoms with Crippen LogP contribution >= 0.6 is 11.3 Å². The molecule has 16 heavy (non-hydrogen) atoms. The highest BCUT2D eigenvalue weighted by Gasteiger charge is 2.12. The molecular weight excluding hydrogens is 230 g/mol. The highest BCUT2D eigenvalue weighted by Crippen LogP contribution is 2.27. The molecule has 2 rings (SSSR count). The molecule has 0 saturated carbocycles. The van der Waals surface area contributed by atoms with E-state index >= 15 is 0 Å². The van der Waals surface area contributed by atoms with Gasteiger partial charge in [-0.05, 0) is 25.1 Å². The quantitative estimate of drug-likeness (QED) is 0.876. The standard InChI is InChI=1S/C11H10F2N2S/c1-6(14)11-15-10(5-16-11)8-4-7(12)2-3-9(8)13/h2-6H,14H2,1H3. The van der Waals surface area contributed by atoms with Gasteiger partial charge in [-0.2, -0.15) is 0 Å². The van der Waals surface area contributed by atoms with Crippen LogP contribution < -0.4 is 5.73 Å². The van der Waals surface area contributed by atoms with E-state index in [9.17, 15) is 8.78 Å². The summed E-state index contributed by atoms with van der Waals surface area (Å²) in [5.74, 6) is -0.963. The Labute approximate surface area is 95.7 Å². The Kier molecular flexibility index (Phi) is 2.98. The lowest BCUT2D eigenvalue weighted by Gasteiger charge is -2.00. The molecular formula is C11H10F2N2S. The predicted octanol–water partition coefficient (Wildman–Crippen LogP) is 3.11. The second-order valence-corrected chi connectivity index (χ2v) is 4.37. The summed E-state index contributed by atoms with van der Waals surface area (Å²) in [6, 6.07) is 3.11. The summed E-state index contributed by atoms with van der Waals surface area (Å²) in [6.45, 7) is 1.80. The Morgan fingerprint density at radius 2 is 2.12 bits per heavy atom. The summed E-state index contributed by atoms with van der Waals surface area (Å²) < 4.78 is 26.4. The molecule has 0 saturated heterocycles. The number of aromatic nitrogens is 1. The number of benzene rings is 1. The summed E-state index contributed by atoms with van der Waals surface area (Å²) in [5.41, 5.74) is 6.25. The second-order valence-electron chi connectivity index (χ2n) is 3.48. The SMILES string of the molecule is CC(N)c1nc(-c2cc(F)ccc2F)cs1. The number of hydrogen-bond acceptors (Lipinski definition) is 3. The van der Waals surface area contributed by atoms with Crippen molar-refractivity contribution in [3.63, 3.8) is 0 Å². The molecule has 0 spiro atoms. The first-order chi connectivity index (χ1) is 7.58.